The number of fused-ring (bicyclic) bond motifs is 1. The van der Waals surface area contributed by atoms with E-state index in [4.69, 9.17) is 10.8 Å². The Morgan fingerprint density at radius 2 is 2.20 bits per heavy atom. The molecule has 1 saturated heterocycles. The van der Waals surface area contributed by atoms with Gasteiger partial charge in [-0.25, -0.2) is 14.6 Å². The van der Waals surface area contributed by atoms with Crippen LogP contribution in [0.2, 0.25) is 0 Å². The van der Waals surface area contributed by atoms with Crippen molar-refractivity contribution in [2.24, 2.45) is 5.16 Å². The predicted octanol–water partition coefficient (Wildman–Crippen LogP) is -0.545. The average Bonchev–Trinajstić information content (AvgIpc) is 3.13. The van der Waals surface area contributed by atoms with Crippen molar-refractivity contribution in [2.45, 2.75) is 11.4 Å². The molecule has 1 aromatic heterocycles. The Hall–Kier alpha value is -3.39. The number of carbonyl (C=O) groups is 4. The minimum Gasteiger partial charge on any atom is -0.479 e. The van der Waals surface area contributed by atoms with E-state index >= 15 is 0 Å². The molecule has 12 nitrogen and oxygen atoms in total. The number of carbonyl (C=O) groups excluding carboxylic acids is 2. The summed E-state index contributed by atoms with van der Waals surface area (Å²) < 4.78 is 0. The Bertz CT molecular complexity index is 1000. The van der Waals surface area contributed by atoms with Gasteiger partial charge in [-0.15, -0.1) is 23.1 Å². The molecule has 2 aliphatic heterocycles. The van der Waals surface area contributed by atoms with Gasteiger partial charge < -0.3 is 26.1 Å². The van der Waals surface area contributed by atoms with Crippen molar-refractivity contribution < 1.29 is 34.2 Å². The van der Waals surface area contributed by atoms with Crippen LogP contribution in [-0.2, 0) is 24.0 Å². The molecule has 30 heavy (non-hydrogen) atoms. The zero-order valence-electron chi connectivity index (χ0n) is 15.1. The Labute approximate surface area is 177 Å². The van der Waals surface area contributed by atoms with Gasteiger partial charge in [0.1, 0.15) is 22.8 Å². The average molecular weight is 453 g/mol. The van der Waals surface area contributed by atoms with Crippen molar-refractivity contribution in [1.82, 2.24) is 15.2 Å². The number of hydrogen-bond acceptors (Lipinski definition) is 10. The lowest BCUT2D eigenvalue weighted by molar-refractivity contribution is -0.150. The van der Waals surface area contributed by atoms with Gasteiger partial charge in [-0.1, -0.05) is 17.8 Å². The fourth-order valence-electron chi connectivity index (χ4n) is 2.76. The maximum absolute atomic E-state index is 12.7. The summed E-state index contributed by atoms with van der Waals surface area (Å²) in [5.41, 5.74) is 5.48. The number of aliphatic carboxylic acids is 2. The lowest BCUT2D eigenvalue weighted by Gasteiger charge is -2.49. The van der Waals surface area contributed by atoms with Gasteiger partial charge in [-0.3, -0.25) is 14.5 Å². The summed E-state index contributed by atoms with van der Waals surface area (Å²) in [6, 6.07) is -1.01. The van der Waals surface area contributed by atoms with Gasteiger partial charge in [0.2, 0.25) is 6.61 Å². The minimum absolute atomic E-state index is 0.0420. The van der Waals surface area contributed by atoms with Gasteiger partial charge in [-0.05, 0) is 5.57 Å². The fraction of sp³-hybridized carbons (Fsp3) is 0.250. The molecule has 1 aromatic rings. The van der Waals surface area contributed by atoms with Crippen molar-refractivity contribution >= 4 is 57.7 Å². The number of aromatic nitrogens is 1. The largest absolute Gasteiger partial charge is 0.479 e. The van der Waals surface area contributed by atoms with E-state index < -0.39 is 41.8 Å². The first-order chi connectivity index (χ1) is 14.2. The molecule has 3 rings (SSSR count). The van der Waals surface area contributed by atoms with Crippen molar-refractivity contribution in [3.05, 3.63) is 35.0 Å². The number of allylic oxidation sites excluding steroid dienone is 1. The van der Waals surface area contributed by atoms with Crippen LogP contribution in [0.3, 0.4) is 0 Å². The number of thiazole rings is 1. The van der Waals surface area contributed by atoms with Crippen LogP contribution in [0, 0.1) is 0 Å². The van der Waals surface area contributed by atoms with E-state index in [0.717, 1.165) is 16.2 Å². The van der Waals surface area contributed by atoms with Gasteiger partial charge in [0, 0.05) is 11.1 Å². The Morgan fingerprint density at radius 3 is 2.77 bits per heavy atom. The third-order valence-corrected chi connectivity index (χ3v) is 6.03. The van der Waals surface area contributed by atoms with Crippen LogP contribution in [-0.4, -0.2) is 73.3 Å². The van der Waals surface area contributed by atoms with E-state index in [9.17, 15) is 24.3 Å². The highest BCUT2D eigenvalue weighted by Gasteiger charge is 2.54. The molecule has 3 heterocycles. The molecule has 1 fully saturated rings. The molecule has 2 amide bonds. The molecule has 2 aliphatic rings. The van der Waals surface area contributed by atoms with Gasteiger partial charge in [0.15, 0.2) is 10.8 Å². The Morgan fingerprint density at radius 1 is 1.47 bits per heavy atom. The van der Waals surface area contributed by atoms with Crippen LogP contribution < -0.4 is 11.1 Å². The third-order valence-electron chi connectivity index (χ3n) is 4.06. The van der Waals surface area contributed by atoms with E-state index in [1.807, 2.05) is 0 Å². The predicted molar refractivity (Wildman–Crippen MR) is 107 cm³/mol. The molecule has 2 atom stereocenters. The highest BCUT2D eigenvalue weighted by Crippen LogP contribution is 2.40. The number of carboxylic acids is 2. The molecule has 0 unspecified atom stereocenters. The summed E-state index contributed by atoms with van der Waals surface area (Å²) in [6.07, 6.45) is 1.38. The van der Waals surface area contributed by atoms with Crippen molar-refractivity contribution in [2.75, 3.05) is 18.1 Å². The van der Waals surface area contributed by atoms with E-state index in [1.165, 1.54) is 23.2 Å². The van der Waals surface area contributed by atoms with E-state index in [2.05, 4.69) is 26.9 Å². The second-order valence-electron chi connectivity index (χ2n) is 5.92. The van der Waals surface area contributed by atoms with Gasteiger partial charge in [0.05, 0.1) is 0 Å². The SMILES string of the molecule is C=CC1=C(C(=O)O)N2C(=O)[C@H](NC(=O)C(=NOCC(=O)O)c3csc(N)n3)[C@H]2SC1. The molecule has 0 spiro atoms. The van der Waals surface area contributed by atoms with Crippen LogP contribution in [0.15, 0.2) is 34.5 Å². The van der Waals surface area contributed by atoms with Gasteiger partial charge >= 0.3 is 11.9 Å². The van der Waals surface area contributed by atoms with Crippen molar-refractivity contribution in [1.29, 1.82) is 0 Å². The highest BCUT2D eigenvalue weighted by molar-refractivity contribution is 8.00. The van der Waals surface area contributed by atoms with Gasteiger partial charge in [-0.2, -0.15) is 0 Å². The summed E-state index contributed by atoms with van der Waals surface area (Å²) in [5, 5.41) is 25.0. The zero-order chi connectivity index (χ0) is 22.0. The summed E-state index contributed by atoms with van der Waals surface area (Å²) in [4.78, 5) is 57.1. The number of nitrogens with zero attached hydrogens (tertiary/aromatic N) is 3. The second kappa shape index (κ2) is 8.54. The fourth-order valence-corrected chi connectivity index (χ4v) is 4.65. The second-order valence-corrected chi connectivity index (χ2v) is 7.92. The Balaban J connectivity index is 1.79. The summed E-state index contributed by atoms with van der Waals surface area (Å²) in [5.74, 6) is -3.72. The molecule has 0 bridgehead atoms. The molecule has 0 aromatic carbocycles. The quantitative estimate of drug-likeness (QED) is 0.226. The number of nitrogens with two attached hydrogens (primary N) is 1. The monoisotopic (exact) mass is 453 g/mol. The summed E-state index contributed by atoms with van der Waals surface area (Å²) in [6.45, 7) is 2.77. The van der Waals surface area contributed by atoms with Crippen molar-refractivity contribution in [3.63, 3.8) is 0 Å². The van der Waals surface area contributed by atoms with E-state index in [0.29, 0.717) is 11.3 Å². The number of anilines is 1. The molecule has 0 saturated carbocycles. The number of oxime groups is 1. The molecule has 158 valence electrons. The molecule has 14 heteroatoms. The number of hydrogen-bond donors (Lipinski definition) is 4. The number of amides is 2. The first-order valence-corrected chi connectivity index (χ1v) is 10.1. The molecule has 0 radical (unpaired) electrons. The number of β-lactam (4-membered cyclic amide) rings is 1. The third kappa shape index (κ3) is 3.99. The standard InChI is InChI=1S/C16H15N5O7S2/c1-2-6-4-29-14-10(13(25)21(14)11(6)15(26)27)19-12(24)9(20-28-3-8(22)23)7-5-30-16(17)18-7/h2,5,10,14H,1,3-4H2,(H2,17,18)(H,19,24)(H,22,23)(H,26,27)/t10-,14+/m0/s1. The number of nitrogens with one attached hydrogen (secondary N) is 1. The van der Waals surface area contributed by atoms with E-state index in [-0.39, 0.29) is 22.2 Å². The maximum atomic E-state index is 12.7. The number of nitrogen functional groups attached to an aromatic ring is 1. The summed E-state index contributed by atoms with van der Waals surface area (Å²) in [7, 11) is 0. The van der Waals surface area contributed by atoms with Crippen LogP contribution in [0.25, 0.3) is 0 Å². The first-order valence-electron chi connectivity index (χ1n) is 8.22. The summed E-state index contributed by atoms with van der Waals surface area (Å²) >= 11 is 2.30. The lowest BCUT2D eigenvalue weighted by atomic mass is 10.0. The van der Waals surface area contributed by atoms with Crippen LogP contribution in [0.4, 0.5) is 5.13 Å². The molecule has 0 aliphatic carbocycles. The number of thioether (sulfide) groups is 1. The minimum atomic E-state index is -1.30. The lowest BCUT2D eigenvalue weighted by Crippen LogP contribution is -2.71. The first kappa shape index (κ1) is 21.3. The van der Waals surface area contributed by atoms with Crippen LogP contribution in [0.1, 0.15) is 5.69 Å². The number of rotatable bonds is 8. The number of carboxylic acid groups (broad SMARTS) is 2. The molecular weight excluding hydrogens is 438 g/mol. The van der Waals surface area contributed by atoms with Crippen LogP contribution >= 0.6 is 23.1 Å². The maximum Gasteiger partial charge on any atom is 0.352 e. The smallest absolute Gasteiger partial charge is 0.352 e. The molecular formula is C16H15N5O7S2. The normalized spacial score (nSPS) is 20.9. The zero-order valence-corrected chi connectivity index (χ0v) is 16.7. The van der Waals surface area contributed by atoms with Crippen molar-refractivity contribution in [3.8, 4) is 0 Å². The van der Waals surface area contributed by atoms with E-state index in [1.54, 1.807) is 0 Å². The molecule has 5 N–H and O–H groups in total. The van der Waals surface area contributed by atoms with Gasteiger partial charge in [0.25, 0.3) is 11.8 Å². The topological polar surface area (TPSA) is 185 Å². The Kier molecular flexibility index (Phi) is 6.07. The highest BCUT2D eigenvalue weighted by atomic mass is 32.2. The van der Waals surface area contributed by atoms with Crippen LogP contribution in [0.5, 0.6) is 0 Å².